The summed E-state index contributed by atoms with van der Waals surface area (Å²) in [5.41, 5.74) is 0.389. The van der Waals surface area contributed by atoms with E-state index in [1.807, 2.05) is 0 Å². The summed E-state index contributed by atoms with van der Waals surface area (Å²) in [6, 6.07) is 6.42. The van der Waals surface area contributed by atoms with Crippen LogP contribution in [0.4, 0.5) is 0 Å². The zero-order valence-corrected chi connectivity index (χ0v) is 15.8. The molecule has 0 saturated heterocycles. The Morgan fingerprint density at radius 2 is 1.85 bits per heavy atom. The molecule has 7 heteroatoms. The second-order valence-corrected chi connectivity index (χ2v) is 7.23. The van der Waals surface area contributed by atoms with E-state index in [1.54, 1.807) is 24.3 Å². The number of rotatable bonds is 6. The summed E-state index contributed by atoms with van der Waals surface area (Å²) >= 11 is 5.76. The van der Waals surface area contributed by atoms with Gasteiger partial charge in [0.05, 0.1) is 0 Å². The van der Waals surface area contributed by atoms with Crippen molar-refractivity contribution in [2.24, 2.45) is 11.8 Å². The van der Waals surface area contributed by atoms with Gasteiger partial charge < -0.3 is 15.4 Å². The number of hydrogen-bond acceptors (Lipinski definition) is 4. The van der Waals surface area contributed by atoms with E-state index >= 15 is 0 Å². The Morgan fingerprint density at radius 1 is 1.15 bits per heavy atom. The number of hydrogen-bond donors (Lipinski definition) is 2. The van der Waals surface area contributed by atoms with Crippen molar-refractivity contribution in [1.29, 1.82) is 0 Å². The zero-order valence-electron chi connectivity index (χ0n) is 15.1. The molecule has 0 aliphatic heterocycles. The molecule has 3 atom stereocenters. The predicted molar refractivity (Wildman–Crippen MR) is 98.9 cm³/mol. The summed E-state index contributed by atoms with van der Waals surface area (Å²) < 4.78 is 4.93. The molecule has 0 radical (unpaired) electrons. The second-order valence-electron chi connectivity index (χ2n) is 6.79. The van der Waals surface area contributed by atoms with E-state index in [-0.39, 0.29) is 25.1 Å². The van der Waals surface area contributed by atoms with Crippen molar-refractivity contribution in [2.45, 2.75) is 39.2 Å². The maximum absolute atomic E-state index is 12.0. The number of halogens is 1. The van der Waals surface area contributed by atoms with Crippen molar-refractivity contribution in [3.63, 3.8) is 0 Å². The summed E-state index contributed by atoms with van der Waals surface area (Å²) in [5.74, 6) is -0.407. The van der Waals surface area contributed by atoms with Crippen LogP contribution in [0.25, 0.3) is 0 Å². The highest BCUT2D eigenvalue weighted by Gasteiger charge is 2.28. The molecule has 1 aromatic rings. The van der Waals surface area contributed by atoms with Gasteiger partial charge in [-0.1, -0.05) is 38.3 Å². The van der Waals surface area contributed by atoms with E-state index in [1.165, 1.54) is 6.42 Å². The molecular formula is C19H25ClN2O4. The molecule has 2 rings (SSSR count). The molecule has 1 aliphatic rings. The van der Waals surface area contributed by atoms with E-state index < -0.39 is 11.9 Å². The minimum atomic E-state index is -0.660. The van der Waals surface area contributed by atoms with Crippen LogP contribution in [0.3, 0.4) is 0 Å². The number of esters is 1. The highest BCUT2D eigenvalue weighted by atomic mass is 35.5. The van der Waals surface area contributed by atoms with Gasteiger partial charge in [-0.3, -0.25) is 14.4 Å². The Labute approximate surface area is 158 Å². The first kappa shape index (κ1) is 20.2. The minimum Gasteiger partial charge on any atom is -0.454 e. The van der Waals surface area contributed by atoms with Crippen molar-refractivity contribution < 1.29 is 19.1 Å². The quantitative estimate of drug-likeness (QED) is 0.743. The van der Waals surface area contributed by atoms with Gasteiger partial charge in [0.25, 0.3) is 11.8 Å². The van der Waals surface area contributed by atoms with Crippen LogP contribution in [0.2, 0.25) is 5.02 Å². The van der Waals surface area contributed by atoms with Gasteiger partial charge in [-0.2, -0.15) is 0 Å². The summed E-state index contributed by atoms with van der Waals surface area (Å²) in [5, 5.41) is 5.90. The summed E-state index contributed by atoms with van der Waals surface area (Å²) in [4.78, 5) is 35.6. The molecule has 0 aromatic heterocycles. The van der Waals surface area contributed by atoms with Gasteiger partial charge in [-0.15, -0.1) is 0 Å². The van der Waals surface area contributed by atoms with Crippen LogP contribution in [0.15, 0.2) is 24.3 Å². The largest absolute Gasteiger partial charge is 0.454 e. The van der Waals surface area contributed by atoms with Crippen molar-refractivity contribution in [2.75, 3.05) is 13.2 Å². The summed E-state index contributed by atoms with van der Waals surface area (Å²) in [7, 11) is 0. The van der Waals surface area contributed by atoms with Crippen LogP contribution in [-0.2, 0) is 14.3 Å². The fourth-order valence-corrected chi connectivity index (χ4v) is 3.21. The molecule has 1 aliphatic carbocycles. The van der Waals surface area contributed by atoms with Gasteiger partial charge in [0.2, 0.25) is 0 Å². The lowest BCUT2D eigenvalue weighted by molar-refractivity contribution is -0.147. The number of carbonyl (C=O) groups excluding carboxylic acids is 3. The van der Waals surface area contributed by atoms with Crippen molar-refractivity contribution >= 4 is 29.4 Å². The van der Waals surface area contributed by atoms with E-state index in [2.05, 4.69) is 24.5 Å². The van der Waals surface area contributed by atoms with Gasteiger partial charge in [0.15, 0.2) is 6.61 Å². The molecule has 142 valence electrons. The normalized spacial score (nSPS) is 22.3. The zero-order chi connectivity index (χ0) is 19.1. The topological polar surface area (TPSA) is 84.5 Å². The first-order chi connectivity index (χ1) is 12.4. The SMILES string of the molecule is C[C@@H]1[C@@H](C)CCC[C@H]1NC(=O)COC(=O)CNC(=O)c1ccc(Cl)cc1. The van der Waals surface area contributed by atoms with Gasteiger partial charge in [0.1, 0.15) is 6.54 Å². The third kappa shape index (κ3) is 6.02. The third-order valence-corrected chi connectivity index (χ3v) is 5.17. The van der Waals surface area contributed by atoms with Crippen LogP contribution >= 0.6 is 11.6 Å². The lowest BCUT2D eigenvalue weighted by Gasteiger charge is -2.34. The molecule has 1 fully saturated rings. The Bertz CT molecular complexity index is 647. The van der Waals surface area contributed by atoms with Gasteiger partial charge >= 0.3 is 5.97 Å². The average molecular weight is 381 g/mol. The minimum absolute atomic E-state index is 0.120. The summed E-state index contributed by atoms with van der Waals surface area (Å²) in [6.07, 6.45) is 3.21. The Hall–Kier alpha value is -2.08. The molecule has 0 heterocycles. The standard InChI is InChI=1S/C19H25ClN2O4/c1-12-4-3-5-16(13(12)2)22-17(23)11-26-18(24)10-21-19(25)14-6-8-15(20)9-7-14/h6-9,12-13,16H,3-5,10-11H2,1-2H3,(H,21,25)(H,22,23)/t12-,13+,16+/m0/s1. The van der Waals surface area contributed by atoms with Crippen LogP contribution in [0.5, 0.6) is 0 Å². The maximum Gasteiger partial charge on any atom is 0.325 e. The van der Waals surface area contributed by atoms with Crippen molar-refractivity contribution in [1.82, 2.24) is 10.6 Å². The van der Waals surface area contributed by atoms with E-state index in [0.29, 0.717) is 22.4 Å². The maximum atomic E-state index is 12.0. The first-order valence-corrected chi connectivity index (χ1v) is 9.23. The van der Waals surface area contributed by atoms with E-state index in [9.17, 15) is 14.4 Å². The molecule has 26 heavy (non-hydrogen) atoms. The third-order valence-electron chi connectivity index (χ3n) is 4.92. The van der Waals surface area contributed by atoms with Gasteiger partial charge in [-0.05, 0) is 42.5 Å². The molecule has 1 saturated carbocycles. The molecule has 0 unspecified atom stereocenters. The molecular weight excluding hydrogens is 356 g/mol. The Morgan fingerprint density at radius 3 is 2.54 bits per heavy atom. The number of benzene rings is 1. The first-order valence-electron chi connectivity index (χ1n) is 8.85. The van der Waals surface area contributed by atoms with E-state index in [4.69, 9.17) is 16.3 Å². The Balaban J connectivity index is 1.68. The fourth-order valence-electron chi connectivity index (χ4n) is 3.09. The predicted octanol–water partition coefficient (Wildman–Crippen LogP) is 2.55. The van der Waals surface area contributed by atoms with Crippen LogP contribution in [-0.4, -0.2) is 37.0 Å². The van der Waals surface area contributed by atoms with Crippen molar-refractivity contribution in [3.05, 3.63) is 34.9 Å². The highest BCUT2D eigenvalue weighted by Crippen LogP contribution is 2.29. The highest BCUT2D eigenvalue weighted by molar-refractivity contribution is 6.30. The van der Waals surface area contributed by atoms with Gasteiger partial charge in [-0.25, -0.2) is 0 Å². The molecule has 1 aromatic carbocycles. The van der Waals surface area contributed by atoms with Crippen LogP contribution in [0.1, 0.15) is 43.5 Å². The van der Waals surface area contributed by atoms with Gasteiger partial charge in [0, 0.05) is 16.6 Å². The fraction of sp³-hybridized carbons (Fsp3) is 0.526. The number of ether oxygens (including phenoxy) is 1. The average Bonchev–Trinajstić information content (AvgIpc) is 2.62. The smallest absolute Gasteiger partial charge is 0.325 e. The monoisotopic (exact) mass is 380 g/mol. The van der Waals surface area contributed by atoms with E-state index in [0.717, 1.165) is 12.8 Å². The van der Waals surface area contributed by atoms with Crippen LogP contribution < -0.4 is 10.6 Å². The summed E-state index contributed by atoms with van der Waals surface area (Å²) in [6.45, 7) is 3.68. The molecule has 2 amide bonds. The number of amides is 2. The molecule has 0 bridgehead atoms. The van der Waals surface area contributed by atoms with Crippen molar-refractivity contribution in [3.8, 4) is 0 Å². The molecule has 0 spiro atoms. The second kappa shape index (κ2) is 9.57. The van der Waals surface area contributed by atoms with Crippen LogP contribution in [0, 0.1) is 11.8 Å². The lowest BCUT2D eigenvalue weighted by atomic mass is 9.78. The molecule has 6 nitrogen and oxygen atoms in total. The molecule has 2 N–H and O–H groups in total. The number of carbonyl (C=O) groups is 3. The lowest BCUT2D eigenvalue weighted by Crippen LogP contribution is -2.45. The Kier molecular flexibility index (Phi) is 7.45. The number of nitrogens with one attached hydrogen (secondary N) is 2.